The Balaban J connectivity index is 1.96. The van der Waals surface area contributed by atoms with E-state index < -0.39 is 0 Å². The summed E-state index contributed by atoms with van der Waals surface area (Å²) in [7, 11) is 3.27. The van der Waals surface area contributed by atoms with Crippen molar-refractivity contribution in [3.05, 3.63) is 50.9 Å². The fourth-order valence-electron chi connectivity index (χ4n) is 1.77. The molecule has 0 spiro atoms. The first-order valence-corrected chi connectivity index (χ1v) is 6.99. The average molecular weight is 338 g/mol. The van der Waals surface area contributed by atoms with E-state index in [1.165, 1.54) is 10.2 Å². The highest BCUT2D eigenvalue weighted by Crippen LogP contribution is 2.16. The summed E-state index contributed by atoms with van der Waals surface area (Å²) in [6.07, 6.45) is 2.49. The Morgan fingerprint density at radius 3 is 2.70 bits per heavy atom. The third kappa shape index (κ3) is 3.39. The summed E-state index contributed by atoms with van der Waals surface area (Å²) in [6, 6.07) is 7.92. The number of hydrogen-bond acceptors (Lipinski definition) is 4. The third-order valence-electron chi connectivity index (χ3n) is 2.97. The quantitative estimate of drug-likeness (QED) is 0.908. The molecule has 20 heavy (non-hydrogen) atoms. The number of nitrogens with one attached hydrogen (secondary N) is 1. The van der Waals surface area contributed by atoms with Gasteiger partial charge in [0.1, 0.15) is 10.2 Å². The van der Waals surface area contributed by atoms with Crippen molar-refractivity contribution >= 4 is 21.6 Å². The van der Waals surface area contributed by atoms with Crippen molar-refractivity contribution in [2.24, 2.45) is 7.05 Å². The van der Waals surface area contributed by atoms with Crippen molar-refractivity contribution in [1.82, 2.24) is 9.78 Å². The van der Waals surface area contributed by atoms with Crippen molar-refractivity contribution in [1.29, 1.82) is 0 Å². The Bertz CT molecular complexity index is 638. The van der Waals surface area contributed by atoms with Gasteiger partial charge in [-0.3, -0.25) is 4.79 Å². The fourth-order valence-corrected chi connectivity index (χ4v) is 2.27. The van der Waals surface area contributed by atoms with Crippen LogP contribution in [0, 0.1) is 0 Å². The van der Waals surface area contributed by atoms with Crippen LogP contribution < -0.4 is 15.6 Å². The smallest absolute Gasteiger partial charge is 0.282 e. The van der Waals surface area contributed by atoms with E-state index in [0.717, 1.165) is 18.7 Å². The molecule has 0 radical (unpaired) electrons. The zero-order valence-electron chi connectivity index (χ0n) is 11.4. The molecule has 0 fully saturated rings. The second-order valence-electron chi connectivity index (χ2n) is 4.33. The highest BCUT2D eigenvalue weighted by molar-refractivity contribution is 9.10. The first kappa shape index (κ1) is 14.6. The van der Waals surface area contributed by atoms with Crippen molar-refractivity contribution in [3.8, 4) is 5.75 Å². The topological polar surface area (TPSA) is 56.1 Å². The summed E-state index contributed by atoms with van der Waals surface area (Å²) in [5.74, 6) is 0.847. The van der Waals surface area contributed by atoms with E-state index in [1.54, 1.807) is 20.4 Å². The SMILES string of the molecule is COc1ccc(CCNc2cnn(C)c(=O)c2Br)cc1. The molecule has 0 atom stereocenters. The van der Waals surface area contributed by atoms with E-state index in [0.29, 0.717) is 10.2 Å². The maximum absolute atomic E-state index is 11.7. The van der Waals surface area contributed by atoms with Gasteiger partial charge in [0, 0.05) is 13.6 Å². The van der Waals surface area contributed by atoms with Crippen LogP contribution in [-0.4, -0.2) is 23.4 Å². The number of rotatable bonds is 5. The zero-order chi connectivity index (χ0) is 14.5. The molecular formula is C14H16BrN3O2. The molecule has 2 rings (SSSR count). The van der Waals surface area contributed by atoms with E-state index in [9.17, 15) is 4.79 Å². The highest BCUT2D eigenvalue weighted by Gasteiger charge is 2.05. The number of ether oxygens (including phenoxy) is 1. The Morgan fingerprint density at radius 2 is 2.05 bits per heavy atom. The van der Waals surface area contributed by atoms with Crippen molar-refractivity contribution in [2.75, 3.05) is 19.0 Å². The predicted molar refractivity (Wildman–Crippen MR) is 82.4 cm³/mol. The average Bonchev–Trinajstić information content (AvgIpc) is 2.48. The predicted octanol–water partition coefficient (Wildman–Crippen LogP) is 2.21. The van der Waals surface area contributed by atoms with Crippen molar-refractivity contribution in [2.45, 2.75) is 6.42 Å². The number of aryl methyl sites for hydroxylation is 1. The molecule has 0 amide bonds. The van der Waals surface area contributed by atoms with E-state index in [-0.39, 0.29) is 5.56 Å². The van der Waals surface area contributed by atoms with Gasteiger partial charge < -0.3 is 10.1 Å². The number of aromatic nitrogens is 2. The van der Waals surface area contributed by atoms with E-state index in [1.807, 2.05) is 24.3 Å². The maximum Gasteiger partial charge on any atom is 0.282 e. The Labute approximate surface area is 125 Å². The molecule has 0 aliphatic heterocycles. The maximum atomic E-state index is 11.7. The second-order valence-corrected chi connectivity index (χ2v) is 5.12. The number of nitrogens with zero attached hydrogens (tertiary/aromatic N) is 2. The summed E-state index contributed by atoms with van der Waals surface area (Å²) in [5.41, 5.74) is 1.76. The molecule has 1 aromatic carbocycles. The zero-order valence-corrected chi connectivity index (χ0v) is 13.0. The van der Waals surface area contributed by atoms with Gasteiger partial charge in [-0.1, -0.05) is 12.1 Å². The lowest BCUT2D eigenvalue weighted by molar-refractivity contribution is 0.414. The number of benzene rings is 1. The Kier molecular flexibility index (Phi) is 4.79. The molecule has 0 aliphatic rings. The van der Waals surface area contributed by atoms with Crippen LogP contribution in [0.5, 0.6) is 5.75 Å². The summed E-state index contributed by atoms with van der Waals surface area (Å²) < 4.78 is 6.91. The monoisotopic (exact) mass is 337 g/mol. The molecule has 2 aromatic rings. The van der Waals surface area contributed by atoms with Gasteiger partial charge in [-0.05, 0) is 40.0 Å². The van der Waals surface area contributed by atoms with Gasteiger partial charge in [0.2, 0.25) is 0 Å². The molecule has 0 aliphatic carbocycles. The van der Waals surface area contributed by atoms with Gasteiger partial charge in [0.05, 0.1) is 19.0 Å². The molecule has 5 nitrogen and oxygen atoms in total. The molecule has 0 saturated heterocycles. The molecule has 6 heteroatoms. The molecule has 0 bridgehead atoms. The van der Waals surface area contributed by atoms with Crippen LogP contribution in [0.3, 0.4) is 0 Å². The van der Waals surface area contributed by atoms with Gasteiger partial charge in [-0.15, -0.1) is 0 Å². The summed E-state index contributed by atoms with van der Waals surface area (Å²) in [5, 5.41) is 7.19. The number of hydrogen-bond donors (Lipinski definition) is 1. The Morgan fingerprint density at radius 1 is 1.35 bits per heavy atom. The van der Waals surface area contributed by atoms with Crippen LogP contribution in [0.25, 0.3) is 0 Å². The first-order valence-electron chi connectivity index (χ1n) is 6.20. The normalized spacial score (nSPS) is 10.3. The Hall–Kier alpha value is -1.82. The van der Waals surface area contributed by atoms with Crippen molar-refractivity contribution < 1.29 is 4.74 Å². The molecule has 1 aromatic heterocycles. The van der Waals surface area contributed by atoms with E-state index in [4.69, 9.17) is 4.74 Å². The van der Waals surface area contributed by atoms with Gasteiger partial charge in [0.15, 0.2) is 0 Å². The van der Waals surface area contributed by atoms with Crippen LogP contribution in [0.1, 0.15) is 5.56 Å². The minimum absolute atomic E-state index is 0.153. The standard InChI is InChI=1S/C14H16BrN3O2/c1-18-14(19)13(15)12(9-17-18)16-8-7-10-3-5-11(20-2)6-4-10/h3-6,9,16H,7-8H2,1-2H3. The minimum atomic E-state index is -0.153. The van der Waals surface area contributed by atoms with E-state index >= 15 is 0 Å². The van der Waals surface area contributed by atoms with E-state index in [2.05, 4.69) is 26.3 Å². The molecular weight excluding hydrogens is 322 g/mol. The largest absolute Gasteiger partial charge is 0.497 e. The van der Waals surface area contributed by atoms with Crippen LogP contribution >= 0.6 is 15.9 Å². The van der Waals surface area contributed by atoms with Crippen LogP contribution in [0.4, 0.5) is 5.69 Å². The molecule has 1 heterocycles. The van der Waals surface area contributed by atoms with Crippen LogP contribution in [0.2, 0.25) is 0 Å². The third-order valence-corrected chi connectivity index (χ3v) is 3.73. The lowest BCUT2D eigenvalue weighted by atomic mass is 10.1. The first-order chi connectivity index (χ1) is 9.61. The van der Waals surface area contributed by atoms with Gasteiger partial charge in [0.25, 0.3) is 5.56 Å². The van der Waals surface area contributed by atoms with Crippen LogP contribution in [0.15, 0.2) is 39.7 Å². The summed E-state index contributed by atoms with van der Waals surface area (Å²) in [4.78, 5) is 11.7. The number of halogens is 1. The summed E-state index contributed by atoms with van der Waals surface area (Å²) >= 11 is 3.28. The molecule has 1 N–H and O–H groups in total. The summed E-state index contributed by atoms with van der Waals surface area (Å²) in [6.45, 7) is 0.722. The molecule has 106 valence electrons. The lowest BCUT2D eigenvalue weighted by Gasteiger charge is -2.09. The minimum Gasteiger partial charge on any atom is -0.497 e. The van der Waals surface area contributed by atoms with Crippen LogP contribution in [-0.2, 0) is 13.5 Å². The molecule has 0 saturated carbocycles. The fraction of sp³-hybridized carbons (Fsp3) is 0.286. The van der Waals surface area contributed by atoms with Crippen molar-refractivity contribution in [3.63, 3.8) is 0 Å². The van der Waals surface area contributed by atoms with Gasteiger partial charge in [-0.2, -0.15) is 5.10 Å². The van der Waals surface area contributed by atoms with Gasteiger partial charge in [-0.25, -0.2) is 4.68 Å². The lowest BCUT2D eigenvalue weighted by Crippen LogP contribution is -2.21. The van der Waals surface area contributed by atoms with Gasteiger partial charge >= 0.3 is 0 Å². The number of methoxy groups -OCH3 is 1. The highest BCUT2D eigenvalue weighted by atomic mass is 79.9. The second kappa shape index (κ2) is 6.56. The molecule has 0 unspecified atom stereocenters. The number of anilines is 1.